The van der Waals surface area contributed by atoms with E-state index in [1.165, 1.54) is 0 Å². The standard InChI is InChI=1S/C16H20BrNOS2/c1-16(2,3)14-10-21-15(18-14)8-11(19)9-20-13-7-5-4-6-12(13)17/h4-7,10-11,19H,8-9H2,1-3H3. The zero-order valence-electron chi connectivity index (χ0n) is 12.5. The Kier molecular flexibility index (Phi) is 5.88. The summed E-state index contributed by atoms with van der Waals surface area (Å²) in [5.74, 6) is 0.674. The zero-order chi connectivity index (χ0) is 15.5. The smallest absolute Gasteiger partial charge is 0.0954 e. The lowest BCUT2D eigenvalue weighted by atomic mass is 9.93. The van der Waals surface area contributed by atoms with Gasteiger partial charge in [-0.15, -0.1) is 23.1 Å². The molecule has 2 aromatic rings. The Balaban J connectivity index is 1.89. The number of thiazole rings is 1. The summed E-state index contributed by atoms with van der Waals surface area (Å²) in [5, 5.41) is 13.3. The Labute approximate surface area is 143 Å². The van der Waals surface area contributed by atoms with Gasteiger partial charge in [-0.1, -0.05) is 32.9 Å². The number of hydrogen-bond acceptors (Lipinski definition) is 4. The molecule has 1 atom stereocenters. The van der Waals surface area contributed by atoms with E-state index in [2.05, 4.69) is 53.1 Å². The lowest BCUT2D eigenvalue weighted by Gasteiger charge is -2.14. The van der Waals surface area contributed by atoms with Gasteiger partial charge in [0.05, 0.1) is 16.8 Å². The van der Waals surface area contributed by atoms with Crippen molar-refractivity contribution >= 4 is 39.0 Å². The molecule has 0 saturated carbocycles. The van der Waals surface area contributed by atoms with Crippen LogP contribution in [0.15, 0.2) is 39.0 Å². The van der Waals surface area contributed by atoms with E-state index in [-0.39, 0.29) is 11.5 Å². The van der Waals surface area contributed by atoms with Gasteiger partial charge in [0.1, 0.15) is 0 Å². The summed E-state index contributed by atoms with van der Waals surface area (Å²) < 4.78 is 1.08. The van der Waals surface area contributed by atoms with Gasteiger partial charge in [-0.05, 0) is 28.1 Å². The molecule has 0 bridgehead atoms. The third-order valence-electron chi connectivity index (χ3n) is 3.00. The molecule has 0 aliphatic carbocycles. The van der Waals surface area contributed by atoms with E-state index in [0.29, 0.717) is 12.2 Å². The second-order valence-corrected chi connectivity index (χ2v) is 8.83. The van der Waals surface area contributed by atoms with Crippen LogP contribution >= 0.6 is 39.0 Å². The summed E-state index contributed by atoms with van der Waals surface area (Å²) in [6.07, 6.45) is 0.249. The maximum atomic E-state index is 10.2. The number of aliphatic hydroxyl groups excluding tert-OH is 1. The fraction of sp³-hybridized carbons (Fsp3) is 0.438. The highest BCUT2D eigenvalue weighted by molar-refractivity contribution is 9.10. The molecular formula is C16H20BrNOS2. The van der Waals surface area contributed by atoms with Gasteiger partial charge < -0.3 is 5.11 Å². The average molecular weight is 386 g/mol. The molecule has 21 heavy (non-hydrogen) atoms. The number of aromatic nitrogens is 1. The summed E-state index contributed by atoms with van der Waals surface area (Å²) in [4.78, 5) is 5.79. The first-order chi connectivity index (χ1) is 9.86. The van der Waals surface area contributed by atoms with Crippen molar-refractivity contribution in [1.82, 2.24) is 4.98 Å². The van der Waals surface area contributed by atoms with E-state index in [1.54, 1.807) is 23.1 Å². The van der Waals surface area contributed by atoms with Crippen LogP contribution in [0, 0.1) is 0 Å². The number of halogens is 1. The van der Waals surface area contributed by atoms with E-state index in [1.807, 2.05) is 18.2 Å². The second-order valence-electron chi connectivity index (χ2n) is 5.98. The van der Waals surface area contributed by atoms with Crippen molar-refractivity contribution in [1.29, 1.82) is 0 Å². The fourth-order valence-corrected chi connectivity index (χ4v) is 4.35. The SMILES string of the molecule is CC(C)(C)c1csc(CC(O)CSc2ccccc2Br)n1. The molecule has 1 aromatic heterocycles. The average Bonchev–Trinajstić information content (AvgIpc) is 2.86. The summed E-state index contributed by atoms with van der Waals surface area (Å²) in [6.45, 7) is 6.47. The van der Waals surface area contributed by atoms with Crippen molar-refractivity contribution in [3.05, 3.63) is 44.8 Å². The first kappa shape index (κ1) is 17.0. The van der Waals surface area contributed by atoms with Crippen molar-refractivity contribution < 1.29 is 5.11 Å². The molecule has 0 aliphatic rings. The van der Waals surface area contributed by atoms with E-state index in [9.17, 15) is 5.11 Å². The highest BCUT2D eigenvalue weighted by Gasteiger charge is 2.18. The van der Waals surface area contributed by atoms with Crippen LogP contribution in [-0.2, 0) is 11.8 Å². The molecule has 0 fully saturated rings. The van der Waals surface area contributed by atoms with Crippen molar-refractivity contribution in [2.24, 2.45) is 0 Å². The summed E-state index contributed by atoms with van der Waals surface area (Å²) in [7, 11) is 0. The first-order valence-corrected chi connectivity index (χ1v) is 9.52. The number of rotatable bonds is 5. The predicted octanol–water partition coefficient (Wildman–Crippen LogP) is 4.90. The van der Waals surface area contributed by atoms with Gasteiger partial charge in [0, 0.05) is 32.3 Å². The van der Waals surface area contributed by atoms with Gasteiger partial charge in [-0.25, -0.2) is 4.98 Å². The third-order valence-corrected chi connectivity index (χ3v) is 6.04. The Morgan fingerprint density at radius 1 is 1.33 bits per heavy atom. The van der Waals surface area contributed by atoms with Crippen LogP contribution in [-0.4, -0.2) is 21.9 Å². The van der Waals surface area contributed by atoms with Crippen molar-refractivity contribution in [3.8, 4) is 0 Å². The molecule has 0 radical (unpaired) electrons. The molecule has 2 rings (SSSR count). The maximum Gasteiger partial charge on any atom is 0.0954 e. The second kappa shape index (κ2) is 7.27. The highest BCUT2D eigenvalue weighted by atomic mass is 79.9. The Hall–Kier alpha value is -0.360. The molecular weight excluding hydrogens is 366 g/mol. The number of benzene rings is 1. The molecule has 1 heterocycles. The monoisotopic (exact) mass is 385 g/mol. The number of hydrogen-bond donors (Lipinski definition) is 1. The topological polar surface area (TPSA) is 33.1 Å². The van der Waals surface area contributed by atoms with Crippen LogP contribution in [0.5, 0.6) is 0 Å². The molecule has 0 saturated heterocycles. The molecule has 1 aromatic carbocycles. The first-order valence-electron chi connectivity index (χ1n) is 6.86. The normalized spacial score (nSPS) is 13.4. The fourth-order valence-electron chi connectivity index (χ4n) is 1.76. The van der Waals surface area contributed by atoms with E-state index < -0.39 is 0 Å². The largest absolute Gasteiger partial charge is 0.392 e. The lowest BCUT2D eigenvalue weighted by Crippen LogP contribution is -2.15. The lowest BCUT2D eigenvalue weighted by molar-refractivity contribution is 0.200. The van der Waals surface area contributed by atoms with Crippen LogP contribution < -0.4 is 0 Å². The minimum Gasteiger partial charge on any atom is -0.392 e. The van der Waals surface area contributed by atoms with Gasteiger partial charge in [-0.2, -0.15) is 0 Å². The Bertz CT molecular complexity index is 592. The zero-order valence-corrected chi connectivity index (χ0v) is 15.7. The van der Waals surface area contributed by atoms with Crippen LogP contribution in [0.2, 0.25) is 0 Å². The maximum absolute atomic E-state index is 10.2. The Morgan fingerprint density at radius 2 is 2.05 bits per heavy atom. The molecule has 5 heteroatoms. The van der Waals surface area contributed by atoms with Gasteiger partial charge in [-0.3, -0.25) is 0 Å². The molecule has 1 N–H and O–H groups in total. The van der Waals surface area contributed by atoms with Crippen molar-refractivity contribution in [2.75, 3.05) is 5.75 Å². The predicted molar refractivity (Wildman–Crippen MR) is 95.4 cm³/mol. The summed E-state index contributed by atoms with van der Waals surface area (Å²) in [5.41, 5.74) is 1.18. The highest BCUT2D eigenvalue weighted by Crippen LogP contribution is 2.29. The molecule has 0 amide bonds. The van der Waals surface area contributed by atoms with Crippen LogP contribution in [0.1, 0.15) is 31.5 Å². The molecule has 114 valence electrons. The number of nitrogens with zero attached hydrogens (tertiary/aromatic N) is 1. The quantitative estimate of drug-likeness (QED) is 0.742. The molecule has 1 unspecified atom stereocenters. The van der Waals surface area contributed by atoms with Gasteiger partial charge in [0.25, 0.3) is 0 Å². The van der Waals surface area contributed by atoms with E-state index in [0.717, 1.165) is 20.1 Å². The number of aliphatic hydroxyl groups is 1. The summed E-state index contributed by atoms with van der Waals surface area (Å²) in [6, 6.07) is 8.08. The minimum atomic E-state index is -0.374. The summed E-state index contributed by atoms with van der Waals surface area (Å²) >= 11 is 6.83. The van der Waals surface area contributed by atoms with Gasteiger partial charge >= 0.3 is 0 Å². The van der Waals surface area contributed by atoms with Gasteiger partial charge in [0.2, 0.25) is 0 Å². The van der Waals surface area contributed by atoms with Crippen LogP contribution in [0.4, 0.5) is 0 Å². The van der Waals surface area contributed by atoms with E-state index >= 15 is 0 Å². The molecule has 2 nitrogen and oxygen atoms in total. The van der Waals surface area contributed by atoms with Gasteiger partial charge in [0.15, 0.2) is 0 Å². The van der Waals surface area contributed by atoms with E-state index in [4.69, 9.17) is 0 Å². The van der Waals surface area contributed by atoms with Crippen molar-refractivity contribution in [2.45, 2.75) is 43.6 Å². The molecule has 0 spiro atoms. The third kappa shape index (κ3) is 5.09. The Morgan fingerprint density at radius 3 is 2.67 bits per heavy atom. The molecule has 0 aliphatic heterocycles. The van der Waals surface area contributed by atoms with Crippen LogP contribution in [0.3, 0.4) is 0 Å². The van der Waals surface area contributed by atoms with Crippen LogP contribution in [0.25, 0.3) is 0 Å². The number of thioether (sulfide) groups is 1. The van der Waals surface area contributed by atoms with Crippen molar-refractivity contribution in [3.63, 3.8) is 0 Å². The minimum absolute atomic E-state index is 0.0728.